The van der Waals surface area contributed by atoms with E-state index in [-0.39, 0.29) is 22.6 Å². The molecule has 0 aliphatic heterocycles. The number of rotatable bonds is 3. The summed E-state index contributed by atoms with van der Waals surface area (Å²) in [5.41, 5.74) is 1.33. The quantitative estimate of drug-likeness (QED) is 0.696. The van der Waals surface area contributed by atoms with Crippen LogP contribution in [0.25, 0.3) is 5.65 Å². The molecule has 3 aromatic rings. The van der Waals surface area contributed by atoms with Crippen LogP contribution in [0.5, 0.6) is 0 Å². The first kappa shape index (κ1) is 14.5. The minimum absolute atomic E-state index is 0.0629. The van der Waals surface area contributed by atoms with Crippen LogP contribution in [0.4, 0.5) is 8.78 Å². The molecule has 0 aliphatic rings. The van der Waals surface area contributed by atoms with Crippen LogP contribution >= 0.6 is 11.8 Å². The van der Waals surface area contributed by atoms with Crippen LogP contribution < -0.4 is 0 Å². The van der Waals surface area contributed by atoms with Gasteiger partial charge in [0.05, 0.1) is 5.69 Å². The molecule has 1 aromatic carbocycles. The topological polar surface area (TPSA) is 54.0 Å². The summed E-state index contributed by atoms with van der Waals surface area (Å²) in [6.07, 6.45) is 6.53. The van der Waals surface area contributed by atoms with Crippen molar-refractivity contribution in [2.75, 3.05) is 6.26 Å². The van der Waals surface area contributed by atoms with Gasteiger partial charge >= 0.3 is 0 Å². The first-order valence-corrected chi connectivity index (χ1v) is 7.59. The predicted molar refractivity (Wildman–Crippen MR) is 78.6 cm³/mol. The first-order chi connectivity index (χ1) is 10.6. The number of nitrogens with zero attached hydrogens (tertiary/aromatic N) is 4. The molecule has 0 N–H and O–H groups in total. The van der Waals surface area contributed by atoms with Gasteiger partial charge in [0.1, 0.15) is 17.7 Å². The Balaban J connectivity index is 2.09. The van der Waals surface area contributed by atoms with Crippen LogP contribution in [-0.2, 0) is 6.42 Å². The number of benzene rings is 1. The molecule has 2 aromatic heterocycles. The second-order valence-corrected chi connectivity index (χ2v) is 5.45. The molecule has 0 bridgehead atoms. The van der Waals surface area contributed by atoms with Crippen molar-refractivity contribution in [1.29, 1.82) is 5.26 Å². The van der Waals surface area contributed by atoms with Crippen molar-refractivity contribution < 1.29 is 8.78 Å². The summed E-state index contributed by atoms with van der Waals surface area (Å²) in [4.78, 5) is 8.56. The van der Waals surface area contributed by atoms with Gasteiger partial charge in [-0.1, -0.05) is 0 Å². The molecule has 3 rings (SSSR count). The number of imidazole rings is 1. The van der Waals surface area contributed by atoms with Crippen LogP contribution in [0.1, 0.15) is 17.0 Å². The summed E-state index contributed by atoms with van der Waals surface area (Å²) in [6.45, 7) is 0. The summed E-state index contributed by atoms with van der Waals surface area (Å²) < 4.78 is 29.6. The molecular weight excluding hydrogens is 306 g/mol. The highest BCUT2D eigenvalue weighted by molar-refractivity contribution is 7.98. The molecule has 0 saturated heterocycles. The standard InChI is InChI=1S/C15H10F2N4S/c1-22-14-6-11(16)9(4-12(14)17)5-13-15-19-2-3-21(15)8-10(7-18)20-13/h2-4,6,8H,5H2,1H3. The lowest BCUT2D eigenvalue weighted by molar-refractivity contribution is 0.567. The van der Waals surface area contributed by atoms with Crippen molar-refractivity contribution in [3.8, 4) is 6.07 Å². The molecule has 7 heteroatoms. The molecule has 0 fully saturated rings. The zero-order valence-corrected chi connectivity index (χ0v) is 12.4. The second kappa shape index (κ2) is 5.73. The molecule has 0 radical (unpaired) electrons. The van der Waals surface area contributed by atoms with Crippen molar-refractivity contribution in [3.63, 3.8) is 0 Å². The molecule has 0 saturated carbocycles. The average molecular weight is 316 g/mol. The Bertz CT molecular complexity index is 898. The minimum atomic E-state index is -0.500. The van der Waals surface area contributed by atoms with E-state index in [1.54, 1.807) is 29.2 Å². The van der Waals surface area contributed by atoms with Crippen molar-refractivity contribution >= 4 is 17.4 Å². The lowest BCUT2D eigenvalue weighted by Gasteiger charge is -2.08. The first-order valence-electron chi connectivity index (χ1n) is 6.37. The van der Waals surface area contributed by atoms with Crippen LogP contribution in [0.2, 0.25) is 0 Å². The highest BCUT2D eigenvalue weighted by atomic mass is 32.2. The number of aromatic nitrogens is 3. The summed E-state index contributed by atoms with van der Waals surface area (Å²) in [6, 6.07) is 4.29. The molecule has 0 aliphatic carbocycles. The molecular formula is C15H10F2N4S. The van der Waals surface area contributed by atoms with Crippen LogP contribution in [-0.4, -0.2) is 20.6 Å². The fourth-order valence-corrected chi connectivity index (χ4v) is 2.69. The normalized spacial score (nSPS) is 10.8. The van der Waals surface area contributed by atoms with E-state index < -0.39 is 11.6 Å². The van der Waals surface area contributed by atoms with Gasteiger partial charge in [-0.05, 0) is 24.0 Å². The van der Waals surface area contributed by atoms with E-state index in [0.717, 1.165) is 11.8 Å². The molecule has 0 atom stereocenters. The lowest BCUT2D eigenvalue weighted by Crippen LogP contribution is -2.03. The van der Waals surface area contributed by atoms with Gasteiger partial charge in [-0.15, -0.1) is 11.8 Å². The third-order valence-corrected chi connectivity index (χ3v) is 3.99. The lowest BCUT2D eigenvalue weighted by atomic mass is 10.1. The van der Waals surface area contributed by atoms with Crippen molar-refractivity contribution in [2.24, 2.45) is 0 Å². The fraction of sp³-hybridized carbons (Fsp3) is 0.133. The van der Waals surface area contributed by atoms with E-state index in [1.165, 1.54) is 12.1 Å². The van der Waals surface area contributed by atoms with Gasteiger partial charge in [0, 0.05) is 29.9 Å². The van der Waals surface area contributed by atoms with E-state index in [1.807, 2.05) is 6.07 Å². The second-order valence-electron chi connectivity index (χ2n) is 4.60. The third kappa shape index (κ3) is 2.53. The molecule has 2 heterocycles. The summed E-state index contributed by atoms with van der Waals surface area (Å²) in [5, 5.41) is 9.01. The smallest absolute Gasteiger partial charge is 0.158 e. The number of thioether (sulfide) groups is 1. The minimum Gasteiger partial charge on any atom is -0.303 e. The fourth-order valence-electron chi connectivity index (χ4n) is 2.21. The number of fused-ring (bicyclic) bond motifs is 1. The SMILES string of the molecule is CSc1cc(F)c(Cc2nc(C#N)cn3ccnc23)cc1F. The predicted octanol–water partition coefficient (Wildman–Crippen LogP) is 3.19. The number of nitriles is 1. The maximum atomic E-state index is 14.1. The largest absolute Gasteiger partial charge is 0.303 e. The zero-order valence-electron chi connectivity index (χ0n) is 11.5. The number of hydrogen-bond donors (Lipinski definition) is 0. The van der Waals surface area contributed by atoms with Crippen LogP contribution in [0.3, 0.4) is 0 Å². The Kier molecular flexibility index (Phi) is 3.77. The number of halogens is 2. The zero-order chi connectivity index (χ0) is 15.7. The van der Waals surface area contributed by atoms with Crippen LogP contribution in [0.15, 0.2) is 35.6 Å². The molecule has 110 valence electrons. The van der Waals surface area contributed by atoms with E-state index in [2.05, 4.69) is 9.97 Å². The van der Waals surface area contributed by atoms with Crippen molar-refractivity contribution in [1.82, 2.24) is 14.4 Å². The van der Waals surface area contributed by atoms with E-state index >= 15 is 0 Å². The van der Waals surface area contributed by atoms with Crippen LogP contribution in [0, 0.1) is 23.0 Å². The maximum absolute atomic E-state index is 14.1. The van der Waals surface area contributed by atoms with Gasteiger partial charge in [0.25, 0.3) is 0 Å². The Labute approximate surface area is 129 Å². The molecule has 0 amide bonds. The van der Waals surface area contributed by atoms with Gasteiger partial charge in [-0.2, -0.15) is 5.26 Å². The summed E-state index contributed by atoms with van der Waals surface area (Å²) >= 11 is 1.14. The average Bonchev–Trinajstić information content (AvgIpc) is 2.99. The van der Waals surface area contributed by atoms with Gasteiger partial charge in [0.2, 0.25) is 0 Å². The molecule has 0 unspecified atom stereocenters. The maximum Gasteiger partial charge on any atom is 0.158 e. The Morgan fingerprint density at radius 2 is 2.14 bits per heavy atom. The summed E-state index contributed by atoms with van der Waals surface area (Å²) in [7, 11) is 0. The summed E-state index contributed by atoms with van der Waals surface area (Å²) in [5.74, 6) is -0.973. The van der Waals surface area contributed by atoms with Gasteiger partial charge < -0.3 is 4.40 Å². The highest BCUT2D eigenvalue weighted by Crippen LogP contribution is 2.24. The highest BCUT2D eigenvalue weighted by Gasteiger charge is 2.14. The molecule has 22 heavy (non-hydrogen) atoms. The Morgan fingerprint density at radius 1 is 1.32 bits per heavy atom. The molecule has 4 nitrogen and oxygen atoms in total. The van der Waals surface area contributed by atoms with Crippen molar-refractivity contribution in [2.45, 2.75) is 11.3 Å². The Hall–Kier alpha value is -2.46. The van der Waals surface area contributed by atoms with Crippen molar-refractivity contribution in [3.05, 3.63) is 59.3 Å². The monoisotopic (exact) mass is 316 g/mol. The van der Waals surface area contributed by atoms with Gasteiger partial charge in [0.15, 0.2) is 11.3 Å². The van der Waals surface area contributed by atoms with E-state index in [0.29, 0.717) is 11.3 Å². The van der Waals surface area contributed by atoms with E-state index in [9.17, 15) is 8.78 Å². The van der Waals surface area contributed by atoms with Gasteiger partial charge in [-0.25, -0.2) is 18.7 Å². The van der Waals surface area contributed by atoms with Gasteiger partial charge in [-0.3, -0.25) is 0 Å². The number of hydrogen-bond acceptors (Lipinski definition) is 4. The third-order valence-electron chi connectivity index (χ3n) is 3.24. The molecule has 0 spiro atoms. The van der Waals surface area contributed by atoms with E-state index in [4.69, 9.17) is 5.26 Å². The Morgan fingerprint density at radius 3 is 2.86 bits per heavy atom.